The second-order valence-corrected chi connectivity index (χ2v) is 5.10. The first-order chi connectivity index (χ1) is 12.0. The van der Waals surface area contributed by atoms with Crippen molar-refractivity contribution >= 4 is 11.6 Å². The molecule has 1 aromatic carbocycles. The van der Waals surface area contributed by atoms with E-state index < -0.39 is 0 Å². The van der Waals surface area contributed by atoms with E-state index in [1.165, 1.54) is 38.2 Å². The third-order valence-electron chi connectivity index (χ3n) is 3.55. The van der Waals surface area contributed by atoms with Crippen molar-refractivity contribution in [1.29, 1.82) is 0 Å². The Labute approximate surface area is 144 Å². The van der Waals surface area contributed by atoms with Crippen LogP contribution in [0.3, 0.4) is 0 Å². The highest BCUT2D eigenvalue weighted by molar-refractivity contribution is 5.91. The number of ether oxygens (including phenoxy) is 3. The Morgan fingerprint density at radius 3 is 2.36 bits per heavy atom. The van der Waals surface area contributed by atoms with Gasteiger partial charge in [-0.25, -0.2) is 0 Å². The van der Waals surface area contributed by atoms with Crippen LogP contribution in [0.5, 0.6) is 17.2 Å². The predicted molar refractivity (Wildman–Crippen MR) is 91.4 cm³/mol. The van der Waals surface area contributed by atoms with Gasteiger partial charge in [-0.15, -0.1) is 0 Å². The molecule has 0 bridgehead atoms. The van der Waals surface area contributed by atoms with Gasteiger partial charge in [0.15, 0.2) is 17.2 Å². The van der Waals surface area contributed by atoms with E-state index in [0.29, 0.717) is 22.9 Å². The van der Waals surface area contributed by atoms with Crippen molar-refractivity contribution in [3.63, 3.8) is 0 Å². The molecule has 0 unspecified atom stereocenters. The maximum Gasteiger partial charge on any atom is 0.244 e. The monoisotopic (exact) mass is 348 g/mol. The molecule has 0 aliphatic carbocycles. The molecule has 0 fully saturated rings. The fraction of sp³-hybridized carbons (Fsp3) is 0.294. The van der Waals surface area contributed by atoms with Crippen LogP contribution in [-0.2, 0) is 17.9 Å². The Hall–Kier alpha value is -3.00. The summed E-state index contributed by atoms with van der Waals surface area (Å²) in [5.74, 6) is 0.790. The summed E-state index contributed by atoms with van der Waals surface area (Å²) in [6.07, 6.45) is 1.39. The number of benzene rings is 1. The lowest BCUT2D eigenvalue weighted by Gasteiger charge is -2.14. The number of hydrogen-bond donors (Lipinski definition) is 2. The van der Waals surface area contributed by atoms with Crippen molar-refractivity contribution in [3.05, 3.63) is 46.4 Å². The maximum absolute atomic E-state index is 12.3. The average Bonchev–Trinajstić information content (AvgIpc) is 2.62. The lowest BCUT2D eigenvalue weighted by molar-refractivity contribution is -0.116. The Bertz CT molecular complexity index is 815. The molecule has 0 radical (unpaired) electrons. The molecule has 1 amide bonds. The third kappa shape index (κ3) is 4.30. The van der Waals surface area contributed by atoms with E-state index in [0.717, 1.165) is 0 Å². The molecule has 0 saturated carbocycles. The van der Waals surface area contributed by atoms with Gasteiger partial charge in [0, 0.05) is 23.5 Å². The summed E-state index contributed by atoms with van der Waals surface area (Å²) >= 11 is 0. The van der Waals surface area contributed by atoms with Crippen LogP contribution in [0.15, 0.2) is 35.3 Å². The van der Waals surface area contributed by atoms with Crippen molar-refractivity contribution in [1.82, 2.24) is 4.57 Å². The third-order valence-corrected chi connectivity index (χ3v) is 3.55. The molecular weight excluding hydrogens is 328 g/mol. The number of hydrogen-bond acceptors (Lipinski definition) is 6. The van der Waals surface area contributed by atoms with Crippen LogP contribution in [0.1, 0.15) is 5.69 Å². The van der Waals surface area contributed by atoms with Gasteiger partial charge in [0.2, 0.25) is 11.3 Å². The van der Waals surface area contributed by atoms with Crippen molar-refractivity contribution in [3.8, 4) is 17.2 Å². The molecule has 2 rings (SSSR count). The number of nitrogens with zero attached hydrogens (tertiary/aromatic N) is 1. The molecule has 0 atom stereocenters. The van der Waals surface area contributed by atoms with E-state index in [4.69, 9.17) is 14.2 Å². The summed E-state index contributed by atoms with van der Waals surface area (Å²) in [6, 6.07) is 6.23. The number of amides is 1. The number of aliphatic hydroxyl groups excluding tert-OH is 1. The van der Waals surface area contributed by atoms with Crippen LogP contribution in [0, 0.1) is 0 Å². The molecule has 2 N–H and O–H groups in total. The number of methoxy groups -OCH3 is 3. The summed E-state index contributed by atoms with van der Waals surface area (Å²) in [5, 5.41) is 12.1. The van der Waals surface area contributed by atoms with Gasteiger partial charge >= 0.3 is 0 Å². The number of aliphatic hydroxyl groups is 1. The number of carbonyl (C=O) groups excluding carboxylic acids is 1. The predicted octanol–water partition coefficient (Wildman–Crippen LogP) is 1.01. The van der Waals surface area contributed by atoms with Gasteiger partial charge in [0.25, 0.3) is 0 Å². The van der Waals surface area contributed by atoms with Gasteiger partial charge in [0.05, 0.1) is 34.1 Å². The van der Waals surface area contributed by atoms with Crippen LogP contribution < -0.4 is 25.0 Å². The number of anilines is 1. The first kappa shape index (κ1) is 18.3. The molecule has 0 spiro atoms. The molecule has 1 heterocycles. The minimum absolute atomic E-state index is 0.0936. The highest BCUT2D eigenvalue weighted by Gasteiger charge is 2.11. The standard InChI is InChI=1S/C17H20N2O6/c1-23-14-5-4-11(6-15(14)24-2)18-17(22)9-19-8-16(25-3)13(21)7-12(19)10-20/h4-8,20H,9-10H2,1-3H3,(H,18,22). The van der Waals surface area contributed by atoms with E-state index in [2.05, 4.69) is 5.32 Å². The Balaban J connectivity index is 2.19. The van der Waals surface area contributed by atoms with Crippen LogP contribution in [-0.4, -0.2) is 36.9 Å². The number of pyridine rings is 1. The summed E-state index contributed by atoms with van der Waals surface area (Å²) in [6.45, 7) is -0.469. The largest absolute Gasteiger partial charge is 0.493 e. The highest BCUT2D eigenvalue weighted by atomic mass is 16.5. The van der Waals surface area contributed by atoms with E-state index in [1.54, 1.807) is 18.2 Å². The number of carbonyl (C=O) groups is 1. The van der Waals surface area contributed by atoms with Crippen LogP contribution >= 0.6 is 0 Å². The zero-order valence-electron chi connectivity index (χ0n) is 14.2. The van der Waals surface area contributed by atoms with Gasteiger partial charge in [-0.2, -0.15) is 0 Å². The quantitative estimate of drug-likeness (QED) is 0.775. The van der Waals surface area contributed by atoms with E-state index in [1.807, 2.05) is 0 Å². The second-order valence-electron chi connectivity index (χ2n) is 5.10. The Morgan fingerprint density at radius 2 is 1.76 bits per heavy atom. The lowest BCUT2D eigenvalue weighted by Crippen LogP contribution is -2.23. The summed E-state index contributed by atoms with van der Waals surface area (Å²) in [5.41, 5.74) is 0.484. The van der Waals surface area contributed by atoms with Crippen molar-refractivity contribution < 1.29 is 24.1 Å². The lowest BCUT2D eigenvalue weighted by atomic mass is 10.2. The van der Waals surface area contributed by atoms with Crippen molar-refractivity contribution in [2.75, 3.05) is 26.6 Å². The summed E-state index contributed by atoms with van der Waals surface area (Å²) in [4.78, 5) is 24.0. The number of aromatic nitrogens is 1. The van der Waals surface area contributed by atoms with Crippen LogP contribution in [0.4, 0.5) is 5.69 Å². The Kier molecular flexibility index (Phi) is 6.02. The normalized spacial score (nSPS) is 10.2. The molecule has 2 aromatic rings. The first-order valence-corrected chi connectivity index (χ1v) is 7.42. The molecule has 1 aromatic heterocycles. The van der Waals surface area contributed by atoms with Crippen molar-refractivity contribution in [2.45, 2.75) is 13.2 Å². The molecular formula is C17H20N2O6. The first-order valence-electron chi connectivity index (χ1n) is 7.42. The zero-order valence-corrected chi connectivity index (χ0v) is 14.2. The second kappa shape index (κ2) is 8.20. The molecule has 0 saturated heterocycles. The molecule has 0 aliphatic rings. The van der Waals surface area contributed by atoms with Gasteiger partial charge < -0.3 is 29.2 Å². The molecule has 25 heavy (non-hydrogen) atoms. The molecule has 8 nitrogen and oxygen atoms in total. The van der Waals surface area contributed by atoms with Gasteiger partial charge in [-0.05, 0) is 12.1 Å². The van der Waals surface area contributed by atoms with E-state index >= 15 is 0 Å². The molecule has 8 heteroatoms. The molecule has 134 valence electrons. The van der Waals surface area contributed by atoms with Gasteiger partial charge in [-0.1, -0.05) is 0 Å². The minimum atomic E-state index is -0.372. The topological polar surface area (TPSA) is 99.0 Å². The van der Waals surface area contributed by atoms with E-state index in [-0.39, 0.29) is 30.2 Å². The Morgan fingerprint density at radius 1 is 1.08 bits per heavy atom. The molecule has 0 aliphatic heterocycles. The van der Waals surface area contributed by atoms with Gasteiger partial charge in [-0.3, -0.25) is 9.59 Å². The van der Waals surface area contributed by atoms with Crippen LogP contribution in [0.2, 0.25) is 0 Å². The SMILES string of the molecule is COc1ccc(NC(=O)Cn2cc(OC)c(=O)cc2CO)cc1OC. The number of nitrogens with one attached hydrogen (secondary N) is 1. The van der Waals surface area contributed by atoms with Gasteiger partial charge in [0.1, 0.15) is 6.54 Å². The highest BCUT2D eigenvalue weighted by Crippen LogP contribution is 2.29. The average molecular weight is 348 g/mol. The fourth-order valence-electron chi connectivity index (χ4n) is 2.30. The van der Waals surface area contributed by atoms with E-state index in [9.17, 15) is 14.7 Å². The van der Waals surface area contributed by atoms with Crippen LogP contribution in [0.25, 0.3) is 0 Å². The van der Waals surface area contributed by atoms with Crippen molar-refractivity contribution in [2.24, 2.45) is 0 Å². The summed E-state index contributed by atoms with van der Waals surface area (Å²) < 4.78 is 16.8. The summed E-state index contributed by atoms with van der Waals surface area (Å²) in [7, 11) is 4.39. The zero-order chi connectivity index (χ0) is 18.4. The smallest absolute Gasteiger partial charge is 0.244 e. The number of rotatable bonds is 7. The maximum atomic E-state index is 12.3. The minimum Gasteiger partial charge on any atom is -0.493 e. The fourth-order valence-corrected chi connectivity index (χ4v) is 2.30.